The third-order valence-electron chi connectivity index (χ3n) is 2.73. The Balaban J connectivity index is 2.21. The van der Waals surface area contributed by atoms with Crippen LogP contribution in [0, 0.1) is 5.82 Å². The minimum Gasteiger partial charge on any atom is -0.311 e. The zero-order chi connectivity index (χ0) is 13.0. The van der Waals surface area contributed by atoms with Gasteiger partial charge < -0.3 is 5.32 Å². The molecular formula is C13H15ClFN3. The van der Waals surface area contributed by atoms with E-state index in [2.05, 4.69) is 10.4 Å². The van der Waals surface area contributed by atoms with Gasteiger partial charge in [0.25, 0.3) is 0 Å². The molecule has 0 amide bonds. The van der Waals surface area contributed by atoms with Crippen LogP contribution in [0.5, 0.6) is 0 Å². The Kier molecular flexibility index (Phi) is 4.33. The van der Waals surface area contributed by atoms with Crippen LogP contribution in [0.2, 0.25) is 5.02 Å². The van der Waals surface area contributed by atoms with Crippen LogP contribution in [0.4, 0.5) is 4.39 Å². The fraction of sp³-hybridized carbons (Fsp3) is 0.308. The van der Waals surface area contributed by atoms with Crippen LogP contribution in [0.15, 0.2) is 30.5 Å². The first kappa shape index (κ1) is 13.1. The molecule has 18 heavy (non-hydrogen) atoms. The van der Waals surface area contributed by atoms with Crippen LogP contribution in [0.1, 0.15) is 18.2 Å². The highest BCUT2D eigenvalue weighted by molar-refractivity contribution is 6.31. The van der Waals surface area contributed by atoms with E-state index in [1.165, 1.54) is 6.07 Å². The number of hydrogen-bond donors (Lipinski definition) is 1. The minimum atomic E-state index is -0.299. The summed E-state index contributed by atoms with van der Waals surface area (Å²) in [5.41, 5.74) is 1.48. The smallest absolute Gasteiger partial charge is 0.129 e. The van der Waals surface area contributed by atoms with Crippen molar-refractivity contribution >= 4 is 11.6 Å². The number of aromatic nitrogens is 2. The minimum absolute atomic E-state index is 0.299. The van der Waals surface area contributed by atoms with Gasteiger partial charge in [-0.1, -0.05) is 24.6 Å². The van der Waals surface area contributed by atoms with E-state index in [4.69, 9.17) is 11.6 Å². The van der Waals surface area contributed by atoms with Crippen molar-refractivity contribution in [2.45, 2.75) is 20.0 Å². The number of hydrogen-bond acceptors (Lipinski definition) is 2. The van der Waals surface area contributed by atoms with E-state index in [-0.39, 0.29) is 5.82 Å². The maximum absolute atomic E-state index is 13.7. The third kappa shape index (κ3) is 2.89. The number of rotatable bonds is 5. The average Bonchev–Trinajstić information content (AvgIpc) is 2.79. The molecule has 1 aromatic carbocycles. The Bertz CT molecular complexity index is 504. The number of halogens is 2. The Morgan fingerprint density at radius 1 is 1.39 bits per heavy atom. The van der Waals surface area contributed by atoms with Crippen LogP contribution < -0.4 is 5.32 Å². The lowest BCUT2D eigenvalue weighted by atomic mass is 10.2. The van der Waals surface area contributed by atoms with Crippen molar-refractivity contribution in [3.63, 3.8) is 0 Å². The van der Waals surface area contributed by atoms with Crippen LogP contribution in [-0.2, 0) is 13.1 Å². The Labute approximate surface area is 111 Å². The first-order chi connectivity index (χ1) is 8.72. The fourth-order valence-corrected chi connectivity index (χ4v) is 1.96. The van der Waals surface area contributed by atoms with Crippen molar-refractivity contribution in [3.05, 3.63) is 52.6 Å². The molecule has 5 heteroatoms. The molecule has 0 aliphatic rings. The Morgan fingerprint density at radius 3 is 2.94 bits per heavy atom. The molecule has 2 rings (SSSR count). The molecule has 1 heterocycles. The summed E-state index contributed by atoms with van der Waals surface area (Å²) in [6, 6.07) is 6.61. The molecule has 3 nitrogen and oxygen atoms in total. The molecule has 96 valence electrons. The predicted molar refractivity (Wildman–Crippen MR) is 70.1 cm³/mol. The molecule has 0 saturated carbocycles. The molecule has 0 fully saturated rings. The molecule has 1 aromatic heterocycles. The lowest BCUT2D eigenvalue weighted by molar-refractivity contribution is 0.564. The Hall–Kier alpha value is -1.39. The lowest BCUT2D eigenvalue weighted by Gasteiger charge is -2.10. The maximum Gasteiger partial charge on any atom is 0.129 e. The highest BCUT2D eigenvalue weighted by Crippen LogP contribution is 2.20. The second-order valence-electron chi connectivity index (χ2n) is 3.96. The number of benzene rings is 1. The molecular weight excluding hydrogens is 253 g/mol. The van der Waals surface area contributed by atoms with Crippen molar-refractivity contribution in [1.29, 1.82) is 0 Å². The normalized spacial score (nSPS) is 10.8. The van der Waals surface area contributed by atoms with Gasteiger partial charge in [-0.2, -0.15) is 5.10 Å². The molecule has 0 spiro atoms. The number of nitrogens with one attached hydrogen (secondary N) is 1. The van der Waals surface area contributed by atoms with Gasteiger partial charge in [-0.15, -0.1) is 0 Å². The van der Waals surface area contributed by atoms with Gasteiger partial charge >= 0.3 is 0 Å². The average molecular weight is 268 g/mol. The van der Waals surface area contributed by atoms with Gasteiger partial charge in [-0.05, 0) is 24.7 Å². The van der Waals surface area contributed by atoms with Gasteiger partial charge in [-0.25, -0.2) is 4.39 Å². The van der Waals surface area contributed by atoms with Gasteiger partial charge in [0, 0.05) is 23.3 Å². The second-order valence-corrected chi connectivity index (χ2v) is 4.37. The van der Waals surface area contributed by atoms with Gasteiger partial charge in [0.2, 0.25) is 0 Å². The van der Waals surface area contributed by atoms with Gasteiger partial charge in [0.1, 0.15) is 5.82 Å². The summed E-state index contributed by atoms with van der Waals surface area (Å²) in [5.74, 6) is -0.299. The van der Waals surface area contributed by atoms with E-state index in [0.717, 1.165) is 12.2 Å². The quantitative estimate of drug-likeness (QED) is 0.903. The lowest BCUT2D eigenvalue weighted by Crippen LogP contribution is -2.17. The molecule has 0 aliphatic heterocycles. The van der Waals surface area contributed by atoms with Crippen molar-refractivity contribution < 1.29 is 4.39 Å². The van der Waals surface area contributed by atoms with Gasteiger partial charge in [0.15, 0.2) is 0 Å². The van der Waals surface area contributed by atoms with Crippen molar-refractivity contribution in [2.75, 3.05) is 6.54 Å². The molecule has 0 saturated heterocycles. The summed E-state index contributed by atoms with van der Waals surface area (Å²) < 4.78 is 15.4. The highest BCUT2D eigenvalue weighted by Gasteiger charge is 2.10. The predicted octanol–water partition coefficient (Wildman–Crippen LogP) is 2.83. The van der Waals surface area contributed by atoms with Crippen LogP contribution in [-0.4, -0.2) is 16.3 Å². The first-order valence-electron chi connectivity index (χ1n) is 5.86. The van der Waals surface area contributed by atoms with E-state index >= 15 is 0 Å². The van der Waals surface area contributed by atoms with E-state index in [9.17, 15) is 4.39 Å². The fourth-order valence-electron chi connectivity index (χ4n) is 1.74. The third-order valence-corrected chi connectivity index (χ3v) is 3.08. The van der Waals surface area contributed by atoms with Crippen molar-refractivity contribution in [1.82, 2.24) is 15.1 Å². The summed E-state index contributed by atoms with van der Waals surface area (Å²) in [5, 5.41) is 7.85. The zero-order valence-corrected chi connectivity index (χ0v) is 10.9. The highest BCUT2D eigenvalue weighted by atomic mass is 35.5. The second kappa shape index (κ2) is 5.98. The van der Waals surface area contributed by atoms with E-state index in [0.29, 0.717) is 23.7 Å². The molecule has 1 N–H and O–H groups in total. The Morgan fingerprint density at radius 2 is 2.22 bits per heavy atom. The summed E-state index contributed by atoms with van der Waals surface area (Å²) >= 11 is 6.01. The molecule has 2 aromatic rings. The SMILES string of the molecule is CCNCc1ccnn1Cc1c(F)cccc1Cl. The topological polar surface area (TPSA) is 29.9 Å². The van der Waals surface area contributed by atoms with Gasteiger partial charge in [0.05, 0.1) is 12.2 Å². The largest absolute Gasteiger partial charge is 0.311 e. The van der Waals surface area contributed by atoms with Gasteiger partial charge in [-0.3, -0.25) is 4.68 Å². The standard InChI is InChI=1S/C13H15ClFN3/c1-2-16-8-10-6-7-17-18(10)9-11-12(14)4-3-5-13(11)15/h3-7,16H,2,8-9H2,1H3. The summed E-state index contributed by atoms with van der Waals surface area (Å²) in [7, 11) is 0. The molecule has 0 bridgehead atoms. The van der Waals surface area contributed by atoms with Crippen LogP contribution in [0.3, 0.4) is 0 Å². The van der Waals surface area contributed by atoms with Crippen LogP contribution >= 0.6 is 11.6 Å². The van der Waals surface area contributed by atoms with Crippen LogP contribution in [0.25, 0.3) is 0 Å². The zero-order valence-electron chi connectivity index (χ0n) is 10.2. The first-order valence-corrected chi connectivity index (χ1v) is 6.24. The monoisotopic (exact) mass is 267 g/mol. The van der Waals surface area contributed by atoms with E-state index < -0.39 is 0 Å². The maximum atomic E-state index is 13.7. The molecule has 0 radical (unpaired) electrons. The molecule has 0 aliphatic carbocycles. The number of nitrogens with zero attached hydrogens (tertiary/aromatic N) is 2. The van der Waals surface area contributed by atoms with E-state index in [1.54, 1.807) is 23.0 Å². The summed E-state index contributed by atoms with van der Waals surface area (Å²) in [6.45, 7) is 3.97. The molecule has 0 atom stereocenters. The van der Waals surface area contributed by atoms with Crippen molar-refractivity contribution in [3.8, 4) is 0 Å². The molecule has 0 unspecified atom stereocenters. The summed E-state index contributed by atoms with van der Waals surface area (Å²) in [4.78, 5) is 0. The van der Waals surface area contributed by atoms with E-state index in [1.807, 2.05) is 13.0 Å². The summed E-state index contributed by atoms with van der Waals surface area (Å²) in [6.07, 6.45) is 1.71. The van der Waals surface area contributed by atoms with Crippen molar-refractivity contribution in [2.24, 2.45) is 0 Å².